The van der Waals surface area contributed by atoms with Gasteiger partial charge in [0.15, 0.2) is 11.6 Å². The van der Waals surface area contributed by atoms with Crippen molar-refractivity contribution in [1.29, 1.82) is 0 Å². The lowest BCUT2D eigenvalue weighted by Gasteiger charge is -2.51. The van der Waals surface area contributed by atoms with Gasteiger partial charge in [0.2, 0.25) is 0 Å². The number of carbonyl (C=O) groups is 2. The number of methoxy groups -OCH3 is 1. The van der Waals surface area contributed by atoms with Crippen molar-refractivity contribution in [2.75, 3.05) is 18.6 Å². The van der Waals surface area contributed by atoms with E-state index in [1.54, 1.807) is 6.20 Å². The number of pyridine rings is 1. The molecule has 6 rings (SSSR count). The Balaban J connectivity index is 1.32. The van der Waals surface area contributed by atoms with Crippen LogP contribution >= 0.6 is 11.6 Å². The Morgan fingerprint density at radius 2 is 1.88 bits per heavy atom. The van der Waals surface area contributed by atoms with Crippen LogP contribution in [0.1, 0.15) is 87.1 Å². The van der Waals surface area contributed by atoms with Gasteiger partial charge in [0.1, 0.15) is 11.3 Å². The number of phenolic OH excluding ortho intramolecular Hbond substituents is 1. The summed E-state index contributed by atoms with van der Waals surface area (Å²) in [6, 6.07) is 10.0. The highest BCUT2D eigenvalue weighted by Crippen LogP contribution is 2.58. The van der Waals surface area contributed by atoms with Crippen LogP contribution in [0.4, 0.5) is 23.2 Å². The molecule has 3 atom stereocenters. The number of aromatic nitrogens is 1. The van der Waals surface area contributed by atoms with Crippen molar-refractivity contribution >= 4 is 29.2 Å². The SMILES string of the molecule is COC(=O)C1(N(C(=O)C(F)(F)F)c2cccc(Cl)c2)CCC2(CC1)c1cc(O)c(F)cc1C[C@@H]2C[C@@H](C)COc1ccnc2c1[C@H](C)CCC2. The lowest BCUT2D eigenvalue weighted by molar-refractivity contribution is -0.174. The Morgan fingerprint density at radius 1 is 1.14 bits per heavy atom. The molecule has 1 fully saturated rings. The average Bonchev–Trinajstić information content (AvgIpc) is 3.34. The van der Waals surface area contributed by atoms with Crippen LogP contribution in [0.15, 0.2) is 48.7 Å². The van der Waals surface area contributed by atoms with E-state index in [1.165, 1.54) is 36.4 Å². The maximum Gasteiger partial charge on any atom is 0.471 e. The zero-order valence-corrected chi connectivity index (χ0v) is 29.0. The number of halogens is 5. The Bertz CT molecular complexity index is 1770. The van der Waals surface area contributed by atoms with Gasteiger partial charge in [-0.3, -0.25) is 14.7 Å². The molecule has 3 aliphatic carbocycles. The normalized spacial score (nSPS) is 25.0. The van der Waals surface area contributed by atoms with Crippen LogP contribution in [0, 0.1) is 17.7 Å². The van der Waals surface area contributed by atoms with E-state index >= 15 is 0 Å². The highest BCUT2D eigenvalue weighted by molar-refractivity contribution is 6.31. The van der Waals surface area contributed by atoms with Crippen LogP contribution < -0.4 is 9.64 Å². The second-order valence-electron chi connectivity index (χ2n) is 14.3. The molecule has 0 radical (unpaired) electrons. The third kappa shape index (κ3) is 6.42. The number of aryl methyl sites for hydroxylation is 1. The number of anilines is 1. The summed E-state index contributed by atoms with van der Waals surface area (Å²) in [6.07, 6.45) is 0.641. The van der Waals surface area contributed by atoms with Gasteiger partial charge in [0, 0.05) is 28.2 Å². The third-order valence-corrected chi connectivity index (χ3v) is 11.5. The van der Waals surface area contributed by atoms with E-state index in [1.807, 2.05) is 6.07 Å². The quantitative estimate of drug-likeness (QED) is 0.186. The number of benzene rings is 2. The lowest BCUT2D eigenvalue weighted by atomic mass is 9.59. The summed E-state index contributed by atoms with van der Waals surface area (Å²) < 4.78 is 68.9. The molecule has 3 aromatic rings. The molecule has 0 aliphatic heterocycles. The Morgan fingerprint density at radius 3 is 2.56 bits per heavy atom. The number of rotatable bonds is 8. The standard InChI is InChI=1S/C38H41ClF4N2O5/c1-22(21-50-32-10-15-44-30-9-4-6-23(2)33(30)32)16-25-17-24-18-29(40)31(46)20-28(24)36(25)11-13-37(14-12-36,35(48)49-3)45(34(47)38(41,42)43)27-8-5-7-26(39)19-27/h5,7-8,10,15,18-20,22-23,25,46H,4,6,9,11-14,16-17,21H2,1-3H3/t22-,23-,25+,36?,37?/m1/s1. The molecule has 1 amide bonds. The number of hydrogen-bond acceptors (Lipinski definition) is 6. The fourth-order valence-electron chi connectivity index (χ4n) is 8.88. The van der Waals surface area contributed by atoms with Gasteiger partial charge >= 0.3 is 18.1 Å². The van der Waals surface area contributed by atoms with Gasteiger partial charge in [-0.15, -0.1) is 0 Å². The number of nitrogens with zero attached hydrogens (tertiary/aromatic N) is 2. The topological polar surface area (TPSA) is 89.0 Å². The van der Waals surface area contributed by atoms with Crippen molar-refractivity contribution in [2.24, 2.45) is 11.8 Å². The van der Waals surface area contributed by atoms with E-state index in [9.17, 15) is 32.3 Å². The molecule has 1 heterocycles. The predicted molar refractivity (Wildman–Crippen MR) is 180 cm³/mol. The zero-order chi connectivity index (χ0) is 36.0. The minimum Gasteiger partial charge on any atom is -0.505 e. The van der Waals surface area contributed by atoms with Crippen LogP contribution in [0.5, 0.6) is 11.5 Å². The number of esters is 1. The zero-order valence-electron chi connectivity index (χ0n) is 28.3. The smallest absolute Gasteiger partial charge is 0.471 e. The molecule has 12 heteroatoms. The molecule has 0 saturated heterocycles. The number of hydrogen-bond donors (Lipinski definition) is 1. The minimum absolute atomic E-state index is 0.0226. The number of carbonyl (C=O) groups excluding carboxylic acids is 2. The Hall–Kier alpha value is -3.86. The second kappa shape index (κ2) is 13.7. The first-order valence-corrected chi connectivity index (χ1v) is 17.5. The maximum atomic E-state index is 14.7. The third-order valence-electron chi connectivity index (χ3n) is 11.2. The summed E-state index contributed by atoms with van der Waals surface area (Å²) in [5.74, 6) is -3.39. The molecule has 1 spiro atoms. The van der Waals surface area contributed by atoms with Crippen molar-refractivity contribution in [3.63, 3.8) is 0 Å². The minimum atomic E-state index is -5.30. The van der Waals surface area contributed by atoms with Crippen molar-refractivity contribution in [3.8, 4) is 11.5 Å². The first-order valence-electron chi connectivity index (χ1n) is 17.1. The number of amides is 1. The van der Waals surface area contributed by atoms with Gasteiger partial charge in [-0.2, -0.15) is 13.2 Å². The molecule has 3 aliphatic rings. The Kier molecular flexibility index (Phi) is 9.85. The summed E-state index contributed by atoms with van der Waals surface area (Å²) in [4.78, 5) is 31.9. The van der Waals surface area contributed by atoms with E-state index < -0.39 is 40.6 Å². The number of phenols is 1. The average molecular weight is 717 g/mol. The summed E-state index contributed by atoms with van der Waals surface area (Å²) in [5.41, 5.74) is 0.721. The highest BCUT2D eigenvalue weighted by atomic mass is 35.5. The van der Waals surface area contributed by atoms with Gasteiger partial charge in [0.05, 0.1) is 13.7 Å². The van der Waals surface area contributed by atoms with Gasteiger partial charge in [-0.25, -0.2) is 9.18 Å². The second-order valence-corrected chi connectivity index (χ2v) is 14.7. The highest BCUT2D eigenvalue weighted by Gasteiger charge is 2.60. The van der Waals surface area contributed by atoms with E-state index in [-0.39, 0.29) is 48.2 Å². The van der Waals surface area contributed by atoms with Crippen LogP contribution in [0.3, 0.4) is 0 Å². The summed E-state index contributed by atoms with van der Waals surface area (Å²) in [7, 11) is 1.08. The summed E-state index contributed by atoms with van der Waals surface area (Å²) in [5, 5.41) is 10.6. The number of fused-ring (bicyclic) bond motifs is 3. The predicted octanol–water partition coefficient (Wildman–Crippen LogP) is 8.62. The number of aromatic hydroxyl groups is 1. The lowest BCUT2D eigenvalue weighted by Crippen LogP contribution is -2.63. The molecule has 268 valence electrons. The van der Waals surface area contributed by atoms with Crippen LogP contribution in [0.25, 0.3) is 0 Å². The van der Waals surface area contributed by atoms with E-state index in [0.717, 1.165) is 43.4 Å². The fraction of sp³-hybridized carbons (Fsp3) is 0.500. The van der Waals surface area contributed by atoms with Crippen molar-refractivity contribution in [1.82, 2.24) is 4.98 Å². The Labute approximate surface area is 293 Å². The van der Waals surface area contributed by atoms with Gasteiger partial charge in [-0.05, 0) is 128 Å². The summed E-state index contributed by atoms with van der Waals surface area (Å²) >= 11 is 6.16. The molecule has 0 unspecified atom stereocenters. The van der Waals surface area contributed by atoms with E-state index in [2.05, 4.69) is 18.8 Å². The van der Waals surface area contributed by atoms with Gasteiger partial charge < -0.3 is 14.6 Å². The van der Waals surface area contributed by atoms with Crippen LogP contribution in [-0.4, -0.2) is 47.4 Å². The molecule has 1 aromatic heterocycles. The molecular formula is C38H41ClF4N2O5. The van der Waals surface area contributed by atoms with Crippen molar-refractivity contribution in [2.45, 2.75) is 94.7 Å². The molecule has 1 saturated carbocycles. The maximum absolute atomic E-state index is 14.7. The van der Waals surface area contributed by atoms with Gasteiger partial charge in [-0.1, -0.05) is 31.5 Å². The van der Waals surface area contributed by atoms with Crippen molar-refractivity contribution in [3.05, 3.63) is 81.9 Å². The van der Waals surface area contributed by atoms with Crippen LogP contribution in [0.2, 0.25) is 5.02 Å². The molecule has 1 N–H and O–H groups in total. The van der Waals surface area contributed by atoms with Crippen molar-refractivity contribution < 1.29 is 41.7 Å². The molecule has 50 heavy (non-hydrogen) atoms. The van der Waals surface area contributed by atoms with E-state index in [4.69, 9.17) is 21.1 Å². The first kappa shape index (κ1) is 35.9. The number of alkyl halides is 3. The monoisotopic (exact) mass is 716 g/mol. The molecule has 7 nitrogen and oxygen atoms in total. The van der Waals surface area contributed by atoms with Gasteiger partial charge in [0.25, 0.3) is 0 Å². The van der Waals surface area contributed by atoms with Crippen LogP contribution in [-0.2, 0) is 32.6 Å². The molecule has 2 aromatic carbocycles. The summed E-state index contributed by atoms with van der Waals surface area (Å²) in [6.45, 7) is 4.65. The fourth-order valence-corrected chi connectivity index (χ4v) is 9.06. The molecular weight excluding hydrogens is 676 g/mol. The molecule has 0 bridgehead atoms. The van der Waals surface area contributed by atoms with E-state index in [0.29, 0.717) is 41.4 Å². The first-order chi connectivity index (χ1) is 23.7. The largest absolute Gasteiger partial charge is 0.505 e. The number of ether oxygens (including phenoxy) is 2.